The van der Waals surface area contributed by atoms with Crippen LogP contribution in [0.1, 0.15) is 31.4 Å². The van der Waals surface area contributed by atoms with Crippen molar-refractivity contribution < 1.29 is 9.84 Å². The molecule has 0 radical (unpaired) electrons. The number of hydrogen-bond donors (Lipinski definition) is 1. The Hall–Kier alpha value is -1.18. The van der Waals surface area contributed by atoms with E-state index in [0.717, 1.165) is 24.0 Å². The second-order valence-corrected chi connectivity index (χ2v) is 3.39. The van der Waals surface area contributed by atoms with Crippen molar-refractivity contribution in [2.75, 3.05) is 6.61 Å². The summed E-state index contributed by atoms with van der Waals surface area (Å²) in [7, 11) is 0. The van der Waals surface area contributed by atoms with E-state index in [9.17, 15) is 5.11 Å². The van der Waals surface area contributed by atoms with Gasteiger partial charge in [0.1, 0.15) is 0 Å². The largest absolute Gasteiger partial charge is 0.504 e. The van der Waals surface area contributed by atoms with E-state index in [1.54, 1.807) is 0 Å². The summed E-state index contributed by atoms with van der Waals surface area (Å²) in [6, 6.07) is 3.82. The third-order valence-electron chi connectivity index (χ3n) is 2.28. The molecule has 0 bridgehead atoms. The molecule has 0 saturated carbocycles. The quantitative estimate of drug-likeness (QED) is 0.798. The minimum atomic E-state index is 0.314. The fourth-order valence-electron chi connectivity index (χ4n) is 1.55. The summed E-state index contributed by atoms with van der Waals surface area (Å²) in [6.45, 7) is 6.62. The molecule has 2 nitrogen and oxygen atoms in total. The van der Waals surface area contributed by atoms with Gasteiger partial charge in [0.2, 0.25) is 0 Å². The van der Waals surface area contributed by atoms with Crippen LogP contribution >= 0.6 is 0 Å². The Morgan fingerprint density at radius 2 is 2.00 bits per heavy atom. The van der Waals surface area contributed by atoms with E-state index in [1.807, 2.05) is 26.0 Å². The monoisotopic (exact) mass is 194 g/mol. The lowest BCUT2D eigenvalue weighted by atomic mass is 10.0. The van der Waals surface area contributed by atoms with Gasteiger partial charge in [-0.05, 0) is 31.9 Å². The van der Waals surface area contributed by atoms with E-state index in [0.29, 0.717) is 18.1 Å². The molecule has 0 amide bonds. The normalized spacial score (nSPS) is 10.2. The fraction of sp³-hybridized carbons (Fsp3) is 0.500. The maximum Gasteiger partial charge on any atom is 0.161 e. The molecule has 78 valence electrons. The van der Waals surface area contributed by atoms with Crippen LogP contribution in [0.5, 0.6) is 11.5 Å². The minimum Gasteiger partial charge on any atom is -0.504 e. The van der Waals surface area contributed by atoms with Crippen molar-refractivity contribution in [3.63, 3.8) is 0 Å². The molecule has 1 N–H and O–H groups in total. The highest BCUT2D eigenvalue weighted by Gasteiger charge is 2.09. The van der Waals surface area contributed by atoms with Crippen LogP contribution in [0.25, 0.3) is 0 Å². The number of phenols is 1. The predicted octanol–water partition coefficient (Wildman–Crippen LogP) is 3.05. The molecule has 0 aromatic heterocycles. The highest BCUT2D eigenvalue weighted by atomic mass is 16.5. The Balaban J connectivity index is 3.05. The first-order chi connectivity index (χ1) is 6.70. The van der Waals surface area contributed by atoms with Gasteiger partial charge in [-0.2, -0.15) is 0 Å². The van der Waals surface area contributed by atoms with Crippen LogP contribution in [-0.2, 0) is 6.42 Å². The lowest BCUT2D eigenvalue weighted by Gasteiger charge is -2.12. The molecule has 2 heteroatoms. The van der Waals surface area contributed by atoms with E-state index in [-0.39, 0.29) is 0 Å². The van der Waals surface area contributed by atoms with Crippen molar-refractivity contribution in [2.24, 2.45) is 0 Å². The Kier molecular flexibility index (Phi) is 3.81. The van der Waals surface area contributed by atoms with Crippen LogP contribution in [0.3, 0.4) is 0 Å². The summed E-state index contributed by atoms with van der Waals surface area (Å²) in [5.41, 5.74) is 2.14. The zero-order valence-electron chi connectivity index (χ0n) is 9.13. The Morgan fingerprint density at radius 1 is 1.29 bits per heavy atom. The summed E-state index contributed by atoms with van der Waals surface area (Å²) >= 11 is 0. The van der Waals surface area contributed by atoms with Crippen molar-refractivity contribution in [3.05, 3.63) is 23.3 Å². The van der Waals surface area contributed by atoms with Gasteiger partial charge in [0.15, 0.2) is 11.5 Å². The van der Waals surface area contributed by atoms with Gasteiger partial charge < -0.3 is 9.84 Å². The maximum atomic E-state index is 9.91. The van der Waals surface area contributed by atoms with Crippen LogP contribution in [-0.4, -0.2) is 11.7 Å². The number of phenolic OH excluding ortho intramolecular Hbond substituents is 1. The number of aryl methyl sites for hydroxylation is 1. The third kappa shape index (κ3) is 2.19. The van der Waals surface area contributed by atoms with Crippen LogP contribution in [0, 0.1) is 6.92 Å². The first-order valence-electron chi connectivity index (χ1n) is 5.14. The van der Waals surface area contributed by atoms with Gasteiger partial charge >= 0.3 is 0 Å². The van der Waals surface area contributed by atoms with E-state index < -0.39 is 0 Å². The molecule has 0 fully saturated rings. The van der Waals surface area contributed by atoms with Gasteiger partial charge in [0.25, 0.3) is 0 Å². The minimum absolute atomic E-state index is 0.314. The molecule has 1 aromatic carbocycles. The molecule has 0 atom stereocenters. The maximum absolute atomic E-state index is 9.91. The second kappa shape index (κ2) is 4.89. The molecule has 1 aromatic rings. The van der Waals surface area contributed by atoms with Gasteiger partial charge in [0.05, 0.1) is 6.61 Å². The molecule has 0 saturated heterocycles. The van der Waals surface area contributed by atoms with Crippen LogP contribution in [0.15, 0.2) is 12.1 Å². The van der Waals surface area contributed by atoms with Crippen molar-refractivity contribution in [1.29, 1.82) is 0 Å². The van der Waals surface area contributed by atoms with Crippen LogP contribution in [0.4, 0.5) is 0 Å². The van der Waals surface area contributed by atoms with Gasteiger partial charge in [-0.3, -0.25) is 0 Å². The lowest BCUT2D eigenvalue weighted by Crippen LogP contribution is -1.96. The first-order valence-corrected chi connectivity index (χ1v) is 5.14. The van der Waals surface area contributed by atoms with Gasteiger partial charge in [-0.25, -0.2) is 0 Å². The summed E-state index contributed by atoms with van der Waals surface area (Å²) in [6.07, 6.45) is 1.93. The first kappa shape index (κ1) is 10.9. The van der Waals surface area contributed by atoms with E-state index in [4.69, 9.17) is 4.74 Å². The van der Waals surface area contributed by atoms with Crippen molar-refractivity contribution in [3.8, 4) is 11.5 Å². The molecule has 1 rings (SSSR count). The molecule has 0 spiro atoms. The Labute approximate surface area is 85.5 Å². The average Bonchev–Trinajstić information content (AvgIpc) is 2.17. The van der Waals surface area contributed by atoms with Crippen molar-refractivity contribution >= 4 is 0 Å². The molecule has 0 unspecified atom stereocenters. The van der Waals surface area contributed by atoms with Crippen molar-refractivity contribution in [2.45, 2.75) is 33.6 Å². The van der Waals surface area contributed by atoms with E-state index >= 15 is 0 Å². The molecule has 0 heterocycles. The average molecular weight is 194 g/mol. The summed E-state index contributed by atoms with van der Waals surface area (Å²) in [5, 5.41) is 9.91. The zero-order chi connectivity index (χ0) is 10.6. The zero-order valence-corrected chi connectivity index (χ0v) is 9.13. The third-order valence-corrected chi connectivity index (χ3v) is 2.28. The molecular formula is C12H18O2. The standard InChI is InChI=1S/C12H18O2/c1-4-6-10-9(3)7-8-11(12(10)13)14-5-2/h7-8,13H,4-6H2,1-3H3. The molecule has 0 aliphatic heterocycles. The SMILES string of the molecule is CCCc1c(C)ccc(OCC)c1O. The van der Waals surface area contributed by atoms with Gasteiger partial charge in [-0.15, -0.1) is 0 Å². The highest BCUT2D eigenvalue weighted by Crippen LogP contribution is 2.32. The smallest absolute Gasteiger partial charge is 0.161 e. The Morgan fingerprint density at radius 3 is 2.57 bits per heavy atom. The van der Waals surface area contributed by atoms with Crippen LogP contribution in [0.2, 0.25) is 0 Å². The van der Waals surface area contributed by atoms with E-state index in [2.05, 4.69) is 6.92 Å². The lowest BCUT2D eigenvalue weighted by molar-refractivity contribution is 0.316. The highest BCUT2D eigenvalue weighted by molar-refractivity contribution is 5.49. The number of hydrogen-bond acceptors (Lipinski definition) is 2. The number of rotatable bonds is 4. The predicted molar refractivity (Wildman–Crippen MR) is 58.0 cm³/mol. The Bertz CT molecular complexity index is 305. The van der Waals surface area contributed by atoms with Gasteiger partial charge in [-0.1, -0.05) is 19.4 Å². The molecular weight excluding hydrogens is 176 g/mol. The van der Waals surface area contributed by atoms with Gasteiger partial charge in [0, 0.05) is 5.56 Å². The van der Waals surface area contributed by atoms with Crippen molar-refractivity contribution in [1.82, 2.24) is 0 Å². The molecule has 0 aliphatic carbocycles. The summed E-state index contributed by atoms with van der Waals surface area (Å²) in [4.78, 5) is 0. The van der Waals surface area contributed by atoms with E-state index in [1.165, 1.54) is 0 Å². The number of aromatic hydroxyl groups is 1. The number of benzene rings is 1. The molecule has 14 heavy (non-hydrogen) atoms. The summed E-state index contributed by atoms with van der Waals surface area (Å²) < 4.78 is 5.33. The number of ether oxygens (including phenoxy) is 1. The molecule has 0 aliphatic rings. The van der Waals surface area contributed by atoms with Crippen LogP contribution < -0.4 is 4.74 Å². The second-order valence-electron chi connectivity index (χ2n) is 3.39. The fourth-order valence-corrected chi connectivity index (χ4v) is 1.55. The summed E-state index contributed by atoms with van der Waals surface area (Å²) in [5.74, 6) is 0.912. The topological polar surface area (TPSA) is 29.5 Å².